The third kappa shape index (κ3) is 4.25. The first-order valence-corrected chi connectivity index (χ1v) is 9.12. The first kappa shape index (κ1) is 21.2. The number of aliphatic hydroxyl groups excluding tert-OH is 1. The molecule has 2 N–H and O–H groups in total. The van der Waals surface area contributed by atoms with Gasteiger partial charge in [-0.2, -0.15) is 13.2 Å². The molecule has 1 aliphatic heterocycles. The Labute approximate surface area is 169 Å². The van der Waals surface area contributed by atoms with Gasteiger partial charge in [0.25, 0.3) is 0 Å². The average Bonchev–Trinajstić information content (AvgIpc) is 2.78. The number of pyridine rings is 1. The smallest absolute Gasteiger partial charge is 0.372 e. The molecule has 1 aromatic heterocycles. The molecule has 154 valence electrons. The van der Waals surface area contributed by atoms with E-state index in [1.165, 1.54) is 18.3 Å². The van der Waals surface area contributed by atoms with Gasteiger partial charge in [0.2, 0.25) is 0 Å². The van der Waals surface area contributed by atoms with Gasteiger partial charge in [0.1, 0.15) is 23.8 Å². The van der Waals surface area contributed by atoms with Gasteiger partial charge in [0, 0.05) is 11.8 Å². The van der Waals surface area contributed by atoms with E-state index in [4.69, 9.17) is 11.6 Å². The molecule has 0 radical (unpaired) electrons. The standard InChI is InChI=1S/C19H17ClF4N4O/c1-3-13(29)28-18-9(2)26-17(16-11(21)5-4-8-25-16)14-12(27-18)7-6-10(15(14)20)19(22,23)24/h4-9,13,29H,3H2,1-2H3,(H,27,28). The molecule has 0 spiro atoms. The van der Waals surface area contributed by atoms with Crippen molar-refractivity contribution in [1.82, 2.24) is 4.98 Å². The highest BCUT2D eigenvalue weighted by atomic mass is 35.5. The Balaban J connectivity index is 2.31. The van der Waals surface area contributed by atoms with Crippen LogP contribution >= 0.6 is 11.6 Å². The first-order chi connectivity index (χ1) is 13.6. The van der Waals surface area contributed by atoms with E-state index in [1.54, 1.807) is 13.8 Å². The maximum atomic E-state index is 14.5. The number of rotatable bonds is 3. The molecule has 0 saturated carbocycles. The number of hydrogen-bond donors (Lipinski definition) is 2. The number of anilines is 1. The number of benzene rings is 1. The number of aliphatic hydroxyl groups is 1. The predicted octanol–water partition coefficient (Wildman–Crippen LogP) is 4.67. The van der Waals surface area contributed by atoms with E-state index in [1.807, 2.05) is 0 Å². The van der Waals surface area contributed by atoms with Crippen molar-refractivity contribution in [1.29, 1.82) is 0 Å². The molecule has 0 bridgehead atoms. The van der Waals surface area contributed by atoms with Crippen molar-refractivity contribution in [2.24, 2.45) is 9.98 Å². The van der Waals surface area contributed by atoms with Crippen LogP contribution in [-0.4, -0.2) is 33.9 Å². The lowest BCUT2D eigenvalue weighted by Crippen LogP contribution is -2.25. The molecule has 29 heavy (non-hydrogen) atoms. The molecule has 2 unspecified atom stereocenters. The fourth-order valence-electron chi connectivity index (χ4n) is 2.82. The van der Waals surface area contributed by atoms with E-state index >= 15 is 0 Å². The second-order valence-electron chi connectivity index (χ2n) is 6.36. The number of aromatic nitrogens is 1. The zero-order chi connectivity index (χ0) is 21.3. The zero-order valence-corrected chi connectivity index (χ0v) is 16.2. The zero-order valence-electron chi connectivity index (χ0n) is 15.4. The number of halogens is 5. The SMILES string of the molecule is CCC(O)N=C1Nc2ccc(C(F)(F)F)c(Cl)c2C(c2ncccc2F)=NC1C. The van der Waals surface area contributed by atoms with E-state index in [0.717, 1.165) is 12.1 Å². The van der Waals surface area contributed by atoms with Crippen LogP contribution in [0.2, 0.25) is 5.02 Å². The third-order valence-electron chi connectivity index (χ3n) is 4.30. The minimum Gasteiger partial charge on any atom is -0.372 e. The van der Waals surface area contributed by atoms with Crippen LogP contribution in [0.1, 0.15) is 37.1 Å². The Hall–Kier alpha value is -2.52. The maximum Gasteiger partial charge on any atom is 0.417 e. The second kappa shape index (κ2) is 8.08. The van der Waals surface area contributed by atoms with Gasteiger partial charge in [0.05, 0.1) is 22.0 Å². The number of nitrogens with one attached hydrogen (secondary N) is 1. The lowest BCUT2D eigenvalue weighted by Gasteiger charge is -2.17. The predicted molar refractivity (Wildman–Crippen MR) is 103 cm³/mol. The van der Waals surface area contributed by atoms with Crippen molar-refractivity contribution >= 4 is 28.8 Å². The summed E-state index contributed by atoms with van der Waals surface area (Å²) in [5, 5.41) is 12.1. The van der Waals surface area contributed by atoms with Crippen LogP contribution in [0, 0.1) is 5.82 Å². The molecule has 0 amide bonds. The van der Waals surface area contributed by atoms with Gasteiger partial charge in [-0.15, -0.1) is 0 Å². The van der Waals surface area contributed by atoms with Crippen molar-refractivity contribution in [3.05, 3.63) is 58.1 Å². The number of nitrogens with zero attached hydrogens (tertiary/aromatic N) is 3. The molecular weight excluding hydrogens is 412 g/mol. The molecule has 2 aromatic rings. The normalized spacial score (nSPS) is 19.2. The average molecular weight is 429 g/mol. The van der Waals surface area contributed by atoms with Gasteiger partial charge >= 0.3 is 6.18 Å². The van der Waals surface area contributed by atoms with Crippen LogP contribution < -0.4 is 5.32 Å². The molecule has 0 saturated heterocycles. The lowest BCUT2D eigenvalue weighted by molar-refractivity contribution is -0.137. The number of aliphatic imine (C=N–C) groups is 2. The summed E-state index contributed by atoms with van der Waals surface area (Å²) in [5.74, 6) is -0.547. The van der Waals surface area contributed by atoms with Gasteiger partial charge in [-0.05, 0) is 37.6 Å². The quantitative estimate of drug-likeness (QED) is 0.698. The van der Waals surface area contributed by atoms with Crippen LogP contribution in [0.5, 0.6) is 0 Å². The molecule has 10 heteroatoms. The van der Waals surface area contributed by atoms with Crippen LogP contribution in [-0.2, 0) is 6.18 Å². The molecule has 3 rings (SSSR count). The summed E-state index contributed by atoms with van der Waals surface area (Å²) >= 11 is 6.13. The van der Waals surface area contributed by atoms with Crippen molar-refractivity contribution < 1.29 is 22.7 Å². The van der Waals surface area contributed by atoms with E-state index in [0.29, 0.717) is 6.42 Å². The fourth-order valence-corrected chi connectivity index (χ4v) is 3.19. The number of benzodiazepines with no additional fused rings is 1. The summed E-state index contributed by atoms with van der Waals surface area (Å²) in [5.41, 5.74) is -1.43. The van der Waals surface area contributed by atoms with Crippen LogP contribution in [0.15, 0.2) is 40.4 Å². The Morgan fingerprint density at radius 1 is 1.31 bits per heavy atom. The molecule has 1 aromatic carbocycles. The Morgan fingerprint density at radius 2 is 2.03 bits per heavy atom. The van der Waals surface area contributed by atoms with E-state index in [9.17, 15) is 22.7 Å². The summed E-state index contributed by atoms with van der Waals surface area (Å²) in [7, 11) is 0. The highest BCUT2D eigenvalue weighted by Crippen LogP contribution is 2.40. The highest BCUT2D eigenvalue weighted by Gasteiger charge is 2.37. The van der Waals surface area contributed by atoms with E-state index in [2.05, 4.69) is 20.3 Å². The summed E-state index contributed by atoms with van der Waals surface area (Å²) in [6, 6.07) is 3.75. The number of alkyl halides is 3. The van der Waals surface area contributed by atoms with Gasteiger partial charge in [-0.25, -0.2) is 9.38 Å². The monoisotopic (exact) mass is 428 g/mol. The van der Waals surface area contributed by atoms with Gasteiger partial charge in [-0.1, -0.05) is 18.5 Å². The van der Waals surface area contributed by atoms with Gasteiger partial charge in [0.15, 0.2) is 5.82 Å². The lowest BCUT2D eigenvalue weighted by atomic mass is 10.0. The Morgan fingerprint density at radius 3 is 2.66 bits per heavy atom. The van der Waals surface area contributed by atoms with Gasteiger partial charge in [-0.3, -0.25) is 9.98 Å². The molecule has 0 fully saturated rings. The van der Waals surface area contributed by atoms with Crippen molar-refractivity contribution in [3.8, 4) is 0 Å². The number of fused-ring (bicyclic) bond motifs is 1. The molecule has 5 nitrogen and oxygen atoms in total. The first-order valence-electron chi connectivity index (χ1n) is 8.75. The van der Waals surface area contributed by atoms with Crippen LogP contribution in [0.4, 0.5) is 23.2 Å². The van der Waals surface area contributed by atoms with Gasteiger partial charge < -0.3 is 10.4 Å². The van der Waals surface area contributed by atoms with Crippen LogP contribution in [0.3, 0.4) is 0 Å². The maximum absolute atomic E-state index is 14.5. The minimum absolute atomic E-state index is 0.134. The van der Waals surface area contributed by atoms with E-state index < -0.39 is 34.8 Å². The Bertz CT molecular complexity index is 991. The second-order valence-corrected chi connectivity index (χ2v) is 6.74. The summed E-state index contributed by atoms with van der Waals surface area (Å²) in [4.78, 5) is 12.4. The number of hydrogen-bond acceptors (Lipinski definition) is 4. The topological polar surface area (TPSA) is 69.9 Å². The van der Waals surface area contributed by atoms with Crippen molar-refractivity contribution in [3.63, 3.8) is 0 Å². The van der Waals surface area contributed by atoms with Crippen LogP contribution in [0.25, 0.3) is 0 Å². The Kier molecular flexibility index (Phi) is 5.90. The molecular formula is C19H17ClF4N4O. The molecule has 0 aliphatic carbocycles. The summed E-state index contributed by atoms with van der Waals surface area (Å²) < 4.78 is 54.7. The highest BCUT2D eigenvalue weighted by molar-refractivity contribution is 6.38. The molecule has 2 atom stereocenters. The molecule has 2 heterocycles. The minimum atomic E-state index is -4.72. The van der Waals surface area contributed by atoms with Crippen molar-refractivity contribution in [2.75, 3.05) is 5.32 Å². The van der Waals surface area contributed by atoms with Crippen molar-refractivity contribution in [2.45, 2.75) is 38.7 Å². The number of amidine groups is 1. The summed E-state index contributed by atoms with van der Waals surface area (Å²) in [6.45, 7) is 3.33. The largest absolute Gasteiger partial charge is 0.417 e. The van der Waals surface area contributed by atoms with E-state index in [-0.39, 0.29) is 28.5 Å². The molecule has 1 aliphatic rings. The fraction of sp³-hybridized carbons (Fsp3) is 0.316. The summed E-state index contributed by atoms with van der Waals surface area (Å²) in [6.07, 6.45) is -4.12. The third-order valence-corrected chi connectivity index (χ3v) is 4.69.